The maximum absolute atomic E-state index is 7.38. The van der Waals surface area contributed by atoms with Crippen molar-refractivity contribution < 1.29 is 9.47 Å². The molecule has 0 aromatic carbocycles. The lowest BCUT2D eigenvalue weighted by atomic mass is 9.83. The zero-order chi connectivity index (χ0) is 13.7. The molecule has 5 heteroatoms. The van der Waals surface area contributed by atoms with Crippen LogP contribution in [0.5, 0.6) is 0 Å². The molecule has 2 fully saturated rings. The minimum atomic E-state index is 0.0464. The van der Waals surface area contributed by atoms with Gasteiger partial charge < -0.3 is 20.1 Å². The van der Waals surface area contributed by atoms with Crippen molar-refractivity contribution in [2.45, 2.75) is 50.7 Å². The number of nitrogens with zero attached hydrogens (tertiary/aromatic N) is 1. The summed E-state index contributed by atoms with van der Waals surface area (Å²) >= 11 is 0. The van der Waals surface area contributed by atoms with Crippen molar-refractivity contribution in [3.05, 3.63) is 0 Å². The van der Waals surface area contributed by atoms with E-state index < -0.39 is 0 Å². The second-order valence-electron chi connectivity index (χ2n) is 5.69. The average Bonchev–Trinajstić information content (AvgIpc) is 2.40. The number of hydrogen-bond donors (Lipinski definition) is 2. The lowest BCUT2D eigenvalue weighted by Gasteiger charge is -2.46. The first kappa shape index (κ1) is 14.8. The van der Waals surface area contributed by atoms with Gasteiger partial charge in [0, 0.05) is 38.8 Å². The van der Waals surface area contributed by atoms with Crippen LogP contribution >= 0.6 is 0 Å². The maximum atomic E-state index is 7.38. The summed E-state index contributed by atoms with van der Waals surface area (Å²) in [5.74, 6) is 0.284. The van der Waals surface area contributed by atoms with Crippen molar-refractivity contribution in [1.29, 1.82) is 5.41 Å². The van der Waals surface area contributed by atoms with Gasteiger partial charge >= 0.3 is 0 Å². The van der Waals surface area contributed by atoms with Gasteiger partial charge in [0.25, 0.3) is 0 Å². The van der Waals surface area contributed by atoms with Gasteiger partial charge in [-0.3, -0.25) is 5.41 Å². The molecule has 19 heavy (non-hydrogen) atoms. The summed E-state index contributed by atoms with van der Waals surface area (Å²) in [6.45, 7) is 6.60. The molecule has 110 valence electrons. The highest BCUT2D eigenvalue weighted by molar-refractivity contribution is 5.76. The number of amidine groups is 1. The summed E-state index contributed by atoms with van der Waals surface area (Å²) < 4.78 is 11.5. The molecule has 3 N–H and O–H groups in total. The van der Waals surface area contributed by atoms with Gasteiger partial charge in [0.1, 0.15) is 0 Å². The Kier molecular flexibility index (Phi) is 5.19. The molecule has 0 bridgehead atoms. The van der Waals surface area contributed by atoms with E-state index in [1.807, 2.05) is 0 Å². The number of nitrogens with two attached hydrogens (primary N) is 1. The molecule has 2 aliphatic heterocycles. The summed E-state index contributed by atoms with van der Waals surface area (Å²) in [5, 5.41) is 7.38. The molecule has 0 saturated carbocycles. The summed E-state index contributed by atoms with van der Waals surface area (Å²) in [4.78, 5) is 2.46. The summed E-state index contributed by atoms with van der Waals surface area (Å²) in [5.41, 5.74) is 5.52. The quantitative estimate of drug-likeness (QED) is 0.584. The number of ether oxygens (including phenoxy) is 2. The Morgan fingerprint density at radius 2 is 2.11 bits per heavy atom. The molecule has 0 radical (unpaired) electrons. The Morgan fingerprint density at radius 1 is 1.37 bits per heavy atom. The molecule has 1 unspecified atom stereocenters. The topological polar surface area (TPSA) is 71.6 Å². The van der Waals surface area contributed by atoms with Crippen molar-refractivity contribution >= 4 is 5.84 Å². The smallest absolute Gasteiger partial charge is 0.0918 e. The molecule has 2 heterocycles. The van der Waals surface area contributed by atoms with E-state index in [9.17, 15) is 0 Å². The molecular weight excluding hydrogens is 242 g/mol. The molecule has 0 aliphatic carbocycles. The fraction of sp³-hybridized carbons (Fsp3) is 0.929. The van der Waals surface area contributed by atoms with Gasteiger partial charge in [-0.25, -0.2) is 0 Å². The van der Waals surface area contributed by atoms with Crippen LogP contribution in [0.25, 0.3) is 0 Å². The first-order valence-electron chi connectivity index (χ1n) is 7.44. The van der Waals surface area contributed by atoms with Crippen LogP contribution < -0.4 is 5.73 Å². The van der Waals surface area contributed by atoms with Crippen LogP contribution in [0.3, 0.4) is 0 Å². The van der Waals surface area contributed by atoms with E-state index in [4.69, 9.17) is 20.6 Å². The summed E-state index contributed by atoms with van der Waals surface area (Å²) in [6, 6.07) is 0.566. The summed E-state index contributed by atoms with van der Waals surface area (Å²) in [6.07, 6.45) is 4.90. The van der Waals surface area contributed by atoms with Crippen LogP contribution in [0, 0.1) is 5.41 Å². The molecule has 5 nitrogen and oxygen atoms in total. The number of rotatable bonds is 5. The van der Waals surface area contributed by atoms with E-state index in [0.717, 1.165) is 58.6 Å². The molecular formula is C14H27N3O2. The van der Waals surface area contributed by atoms with Gasteiger partial charge in [0.2, 0.25) is 0 Å². The molecule has 0 amide bonds. The van der Waals surface area contributed by atoms with Crippen LogP contribution in [-0.2, 0) is 9.47 Å². The number of nitrogens with one attached hydrogen (secondary N) is 1. The van der Waals surface area contributed by atoms with Crippen LogP contribution in [0.2, 0.25) is 0 Å². The predicted molar refractivity (Wildman–Crippen MR) is 75.5 cm³/mol. The van der Waals surface area contributed by atoms with Crippen LogP contribution in [-0.4, -0.2) is 55.3 Å². The third kappa shape index (κ3) is 3.91. The normalized spacial score (nSPS) is 26.7. The Hall–Kier alpha value is -0.650. The Balaban J connectivity index is 1.92. The Bertz CT molecular complexity index is 298. The molecule has 1 atom stereocenters. The zero-order valence-corrected chi connectivity index (χ0v) is 12.0. The molecule has 0 aromatic heterocycles. The van der Waals surface area contributed by atoms with E-state index in [1.165, 1.54) is 0 Å². The van der Waals surface area contributed by atoms with Crippen molar-refractivity contribution in [3.8, 4) is 0 Å². The highest BCUT2D eigenvalue weighted by atomic mass is 16.5. The highest BCUT2D eigenvalue weighted by Crippen LogP contribution is 2.36. The molecule has 2 rings (SSSR count). The third-order valence-electron chi connectivity index (χ3n) is 4.46. The average molecular weight is 269 g/mol. The second-order valence-corrected chi connectivity index (χ2v) is 5.69. The fourth-order valence-corrected chi connectivity index (χ4v) is 3.27. The maximum Gasteiger partial charge on any atom is 0.0918 e. The first-order valence-corrected chi connectivity index (χ1v) is 7.44. The van der Waals surface area contributed by atoms with Crippen molar-refractivity contribution in [1.82, 2.24) is 4.90 Å². The van der Waals surface area contributed by atoms with E-state index in [1.54, 1.807) is 0 Å². The zero-order valence-electron chi connectivity index (χ0n) is 12.0. The molecule has 0 aromatic rings. The van der Waals surface area contributed by atoms with E-state index in [0.29, 0.717) is 12.5 Å². The summed E-state index contributed by atoms with van der Waals surface area (Å²) in [7, 11) is 0. The standard InChI is InChI=1S/C14H27N3O2/c1-2-17(7-3-13(15)16)12-4-8-19-14(11-12)5-9-18-10-6-14/h12H,2-11H2,1H3,(H3,15,16). The van der Waals surface area contributed by atoms with Crippen molar-refractivity contribution in [2.75, 3.05) is 32.9 Å². The van der Waals surface area contributed by atoms with Crippen molar-refractivity contribution in [2.24, 2.45) is 5.73 Å². The minimum absolute atomic E-state index is 0.0464. The van der Waals surface area contributed by atoms with Gasteiger partial charge in [-0.05, 0) is 32.2 Å². The van der Waals surface area contributed by atoms with Crippen LogP contribution in [0.1, 0.15) is 39.0 Å². The van der Waals surface area contributed by atoms with Gasteiger partial charge in [0.15, 0.2) is 0 Å². The SMILES string of the molecule is CCN(CCC(=N)N)C1CCOC2(CCOCC2)C1. The molecule has 2 saturated heterocycles. The lowest BCUT2D eigenvalue weighted by molar-refractivity contribution is -0.151. The number of hydrogen-bond acceptors (Lipinski definition) is 4. The van der Waals surface area contributed by atoms with Crippen LogP contribution in [0.4, 0.5) is 0 Å². The molecule has 1 spiro atoms. The largest absolute Gasteiger partial charge is 0.388 e. The van der Waals surface area contributed by atoms with E-state index in [-0.39, 0.29) is 11.4 Å². The van der Waals surface area contributed by atoms with Crippen molar-refractivity contribution in [3.63, 3.8) is 0 Å². The monoisotopic (exact) mass is 269 g/mol. The third-order valence-corrected chi connectivity index (χ3v) is 4.46. The van der Waals surface area contributed by atoms with Gasteiger partial charge in [-0.1, -0.05) is 6.92 Å². The van der Waals surface area contributed by atoms with Crippen LogP contribution in [0.15, 0.2) is 0 Å². The van der Waals surface area contributed by atoms with E-state index >= 15 is 0 Å². The molecule has 2 aliphatic rings. The highest BCUT2D eigenvalue weighted by Gasteiger charge is 2.40. The van der Waals surface area contributed by atoms with Gasteiger partial charge in [0.05, 0.1) is 11.4 Å². The van der Waals surface area contributed by atoms with Gasteiger partial charge in [-0.2, -0.15) is 0 Å². The minimum Gasteiger partial charge on any atom is -0.388 e. The lowest BCUT2D eigenvalue weighted by Crippen LogP contribution is -2.51. The van der Waals surface area contributed by atoms with Gasteiger partial charge in [-0.15, -0.1) is 0 Å². The Labute approximate surface area is 115 Å². The van der Waals surface area contributed by atoms with E-state index in [2.05, 4.69) is 11.8 Å². The predicted octanol–water partition coefficient (Wildman–Crippen LogP) is 1.36. The second kappa shape index (κ2) is 6.68. The Morgan fingerprint density at radius 3 is 2.74 bits per heavy atom. The first-order chi connectivity index (χ1) is 9.15. The fourth-order valence-electron chi connectivity index (χ4n) is 3.27.